The van der Waals surface area contributed by atoms with Crippen LogP contribution in [-0.4, -0.2) is 25.8 Å². The van der Waals surface area contributed by atoms with Crippen molar-refractivity contribution in [2.75, 3.05) is 7.05 Å². The van der Waals surface area contributed by atoms with Crippen LogP contribution in [0.1, 0.15) is 38.8 Å². The van der Waals surface area contributed by atoms with Gasteiger partial charge < -0.3 is 5.73 Å². The molecule has 2 N–H and O–H groups in total. The topological polar surface area (TPSA) is 63.4 Å². The van der Waals surface area contributed by atoms with Gasteiger partial charge in [-0.15, -0.1) is 0 Å². The van der Waals surface area contributed by atoms with Gasteiger partial charge in [-0.3, -0.25) is 0 Å². The molecule has 0 aliphatic heterocycles. The Hall–Kier alpha value is -0.910. The molecule has 4 nitrogen and oxygen atoms in total. The Morgan fingerprint density at radius 2 is 1.85 bits per heavy atom. The van der Waals surface area contributed by atoms with Crippen LogP contribution in [0.4, 0.5) is 0 Å². The van der Waals surface area contributed by atoms with Crippen molar-refractivity contribution in [3.05, 3.63) is 29.3 Å². The summed E-state index contributed by atoms with van der Waals surface area (Å²) in [6.07, 6.45) is 0.684. The van der Waals surface area contributed by atoms with Gasteiger partial charge in [0.05, 0.1) is 4.90 Å². The quantitative estimate of drug-likeness (QED) is 0.877. The lowest BCUT2D eigenvalue weighted by molar-refractivity contribution is 0.315. The molecule has 0 spiro atoms. The third kappa shape index (κ3) is 3.40. The average Bonchev–Trinajstić information content (AvgIpc) is 2.44. The number of nitrogens with zero attached hydrogens (tertiary/aromatic N) is 1. The molecule has 0 aliphatic rings. The van der Waals surface area contributed by atoms with Gasteiger partial charge in [-0.25, -0.2) is 8.42 Å². The van der Waals surface area contributed by atoms with Crippen LogP contribution < -0.4 is 5.73 Å². The summed E-state index contributed by atoms with van der Waals surface area (Å²) in [5, 5.41) is 0. The van der Waals surface area contributed by atoms with E-state index in [4.69, 9.17) is 5.73 Å². The molecule has 1 aromatic carbocycles. The molecule has 1 atom stereocenters. The van der Waals surface area contributed by atoms with Crippen LogP contribution in [-0.2, 0) is 23.0 Å². The van der Waals surface area contributed by atoms with Crippen LogP contribution in [0.5, 0.6) is 0 Å². The predicted octanol–water partition coefficient (Wildman–Crippen LogP) is 2.37. The highest BCUT2D eigenvalue weighted by Crippen LogP contribution is 2.24. The van der Waals surface area contributed by atoms with E-state index in [2.05, 4.69) is 0 Å². The zero-order chi connectivity index (χ0) is 15.5. The van der Waals surface area contributed by atoms with Gasteiger partial charge in [-0.05, 0) is 36.5 Å². The Balaban J connectivity index is 3.33. The summed E-state index contributed by atoms with van der Waals surface area (Å²) in [6, 6.07) is 5.41. The summed E-state index contributed by atoms with van der Waals surface area (Å²) in [7, 11) is -1.83. The highest BCUT2D eigenvalue weighted by molar-refractivity contribution is 7.89. The molecule has 0 saturated heterocycles. The molecule has 0 bridgehead atoms. The molecular formula is C15H26N2O2S. The second-order valence-electron chi connectivity index (χ2n) is 5.51. The zero-order valence-corrected chi connectivity index (χ0v) is 13.9. The van der Waals surface area contributed by atoms with Gasteiger partial charge in [0.15, 0.2) is 0 Å². The first-order valence-electron chi connectivity index (χ1n) is 7.05. The van der Waals surface area contributed by atoms with E-state index in [-0.39, 0.29) is 12.0 Å². The fourth-order valence-electron chi connectivity index (χ4n) is 2.05. The normalized spacial score (nSPS) is 14.0. The molecule has 0 aromatic heterocycles. The minimum Gasteiger partial charge on any atom is -0.326 e. The predicted molar refractivity (Wildman–Crippen MR) is 83.0 cm³/mol. The first kappa shape index (κ1) is 17.1. The Labute approximate surface area is 123 Å². The number of hydrogen-bond donors (Lipinski definition) is 1. The maximum absolute atomic E-state index is 12.8. The Kier molecular flexibility index (Phi) is 5.74. The molecule has 0 fully saturated rings. The number of benzene rings is 1. The molecule has 0 heterocycles. The highest BCUT2D eigenvalue weighted by Gasteiger charge is 2.28. The Morgan fingerprint density at radius 1 is 1.25 bits per heavy atom. The van der Waals surface area contributed by atoms with E-state index in [1.54, 1.807) is 13.1 Å². The lowest BCUT2D eigenvalue weighted by Crippen LogP contribution is -2.38. The summed E-state index contributed by atoms with van der Waals surface area (Å²) >= 11 is 0. The summed E-state index contributed by atoms with van der Waals surface area (Å²) < 4.78 is 27.1. The van der Waals surface area contributed by atoms with Crippen molar-refractivity contribution in [1.82, 2.24) is 4.31 Å². The number of aryl methyl sites for hydroxylation is 1. The van der Waals surface area contributed by atoms with Gasteiger partial charge >= 0.3 is 0 Å². The van der Waals surface area contributed by atoms with Crippen molar-refractivity contribution in [3.8, 4) is 0 Å². The van der Waals surface area contributed by atoms with Gasteiger partial charge in [0, 0.05) is 19.6 Å². The van der Waals surface area contributed by atoms with Crippen LogP contribution in [0, 0.1) is 5.92 Å². The Bertz CT molecular complexity index is 553. The fraction of sp³-hybridized carbons (Fsp3) is 0.600. The van der Waals surface area contributed by atoms with Gasteiger partial charge in [-0.1, -0.05) is 32.9 Å². The Morgan fingerprint density at radius 3 is 2.30 bits per heavy atom. The lowest BCUT2D eigenvalue weighted by atomic mass is 10.1. The van der Waals surface area contributed by atoms with Crippen LogP contribution in [0.3, 0.4) is 0 Å². The molecule has 0 radical (unpaired) electrons. The fourth-order valence-corrected chi connectivity index (χ4v) is 3.89. The summed E-state index contributed by atoms with van der Waals surface area (Å²) in [6.45, 7) is 8.28. The van der Waals surface area contributed by atoms with Gasteiger partial charge in [0.25, 0.3) is 0 Å². The zero-order valence-electron chi connectivity index (χ0n) is 13.1. The second kappa shape index (κ2) is 6.70. The van der Waals surface area contributed by atoms with E-state index in [1.807, 2.05) is 39.8 Å². The van der Waals surface area contributed by atoms with Crippen molar-refractivity contribution < 1.29 is 8.42 Å². The van der Waals surface area contributed by atoms with Gasteiger partial charge in [0.1, 0.15) is 0 Å². The first-order chi connectivity index (χ1) is 9.25. The number of rotatable bonds is 6. The van der Waals surface area contributed by atoms with Gasteiger partial charge in [-0.2, -0.15) is 4.31 Å². The number of sulfonamides is 1. The van der Waals surface area contributed by atoms with Crippen molar-refractivity contribution in [1.29, 1.82) is 0 Å². The molecule has 1 aromatic rings. The number of hydrogen-bond acceptors (Lipinski definition) is 3. The third-order valence-corrected chi connectivity index (χ3v) is 5.97. The molecular weight excluding hydrogens is 272 g/mol. The summed E-state index contributed by atoms with van der Waals surface area (Å²) in [5.41, 5.74) is 7.31. The summed E-state index contributed by atoms with van der Waals surface area (Å²) in [5.74, 6) is 0.262. The largest absolute Gasteiger partial charge is 0.326 e. The van der Waals surface area contributed by atoms with Crippen molar-refractivity contribution in [3.63, 3.8) is 0 Å². The molecule has 1 unspecified atom stereocenters. The van der Waals surface area contributed by atoms with Crippen LogP contribution >= 0.6 is 0 Å². The third-order valence-electron chi connectivity index (χ3n) is 3.94. The van der Waals surface area contributed by atoms with Crippen LogP contribution in [0.15, 0.2) is 23.1 Å². The molecule has 0 amide bonds. The molecule has 114 valence electrons. The van der Waals surface area contributed by atoms with Crippen molar-refractivity contribution in [2.45, 2.75) is 51.6 Å². The van der Waals surface area contributed by atoms with E-state index >= 15 is 0 Å². The highest BCUT2D eigenvalue weighted by atomic mass is 32.2. The van der Waals surface area contributed by atoms with E-state index in [9.17, 15) is 8.42 Å². The molecule has 0 saturated carbocycles. The van der Waals surface area contributed by atoms with Gasteiger partial charge in [0.2, 0.25) is 10.0 Å². The van der Waals surface area contributed by atoms with Crippen molar-refractivity contribution in [2.24, 2.45) is 11.7 Å². The van der Waals surface area contributed by atoms with E-state index < -0.39 is 10.0 Å². The molecule has 1 rings (SSSR count). The first-order valence-corrected chi connectivity index (χ1v) is 8.49. The van der Waals surface area contributed by atoms with Crippen LogP contribution in [0.2, 0.25) is 0 Å². The maximum atomic E-state index is 12.8. The standard InChI is InChI=1S/C15H26N2O2S/c1-6-14-8-7-13(10-16)9-15(14)20(18,19)17(5)12(4)11(2)3/h7-9,11-12H,6,10,16H2,1-5H3. The van der Waals surface area contributed by atoms with Crippen molar-refractivity contribution >= 4 is 10.0 Å². The minimum absolute atomic E-state index is 0.0498. The average molecular weight is 298 g/mol. The van der Waals surface area contributed by atoms with E-state index in [0.717, 1.165) is 11.1 Å². The minimum atomic E-state index is -3.48. The molecule has 5 heteroatoms. The molecule has 0 aliphatic carbocycles. The SMILES string of the molecule is CCc1ccc(CN)cc1S(=O)(=O)N(C)C(C)C(C)C. The maximum Gasteiger partial charge on any atom is 0.243 e. The lowest BCUT2D eigenvalue weighted by Gasteiger charge is -2.28. The van der Waals surface area contributed by atoms with E-state index in [0.29, 0.717) is 17.9 Å². The monoisotopic (exact) mass is 298 g/mol. The second-order valence-corrected chi connectivity index (χ2v) is 7.47. The summed E-state index contributed by atoms with van der Waals surface area (Å²) in [4.78, 5) is 0.387. The smallest absolute Gasteiger partial charge is 0.243 e. The van der Waals surface area contributed by atoms with Crippen LogP contribution in [0.25, 0.3) is 0 Å². The number of nitrogens with two attached hydrogens (primary N) is 1. The van der Waals surface area contributed by atoms with E-state index in [1.165, 1.54) is 4.31 Å². The molecule has 20 heavy (non-hydrogen) atoms.